The fourth-order valence-electron chi connectivity index (χ4n) is 2.40. The Morgan fingerprint density at radius 2 is 2.10 bits per heavy atom. The van der Waals surface area contributed by atoms with Crippen LogP contribution in [0.3, 0.4) is 0 Å². The number of anilines is 1. The van der Waals surface area contributed by atoms with Gasteiger partial charge in [-0.1, -0.05) is 6.07 Å². The molecule has 0 spiro atoms. The minimum absolute atomic E-state index is 0.232. The van der Waals surface area contributed by atoms with Gasteiger partial charge in [0.25, 0.3) is 5.91 Å². The molecule has 0 atom stereocenters. The van der Waals surface area contributed by atoms with E-state index in [4.69, 9.17) is 5.73 Å². The van der Waals surface area contributed by atoms with Gasteiger partial charge < -0.3 is 10.6 Å². The van der Waals surface area contributed by atoms with E-state index in [1.54, 1.807) is 12.1 Å². The van der Waals surface area contributed by atoms with Crippen LogP contribution in [0.1, 0.15) is 18.4 Å². The molecule has 6 heteroatoms. The smallest absolute Gasteiger partial charge is 0.286 e. The highest BCUT2D eigenvalue weighted by molar-refractivity contribution is 8.18. The summed E-state index contributed by atoms with van der Waals surface area (Å²) in [4.78, 5) is 17.6. The highest BCUT2D eigenvalue weighted by Crippen LogP contribution is 2.29. The lowest BCUT2D eigenvalue weighted by Crippen LogP contribution is -2.18. The van der Waals surface area contributed by atoms with Gasteiger partial charge in [0.15, 0.2) is 5.17 Å². The van der Waals surface area contributed by atoms with Crippen molar-refractivity contribution in [2.24, 2.45) is 10.7 Å². The Kier molecular flexibility index (Phi) is 3.48. The maximum absolute atomic E-state index is 14.1. The van der Waals surface area contributed by atoms with Gasteiger partial charge in [-0.3, -0.25) is 4.79 Å². The van der Waals surface area contributed by atoms with Gasteiger partial charge in [-0.15, -0.1) is 0 Å². The van der Waals surface area contributed by atoms with Crippen molar-refractivity contribution in [3.05, 3.63) is 34.5 Å². The molecule has 2 aliphatic rings. The molecule has 0 saturated carbocycles. The third-order valence-electron chi connectivity index (χ3n) is 3.35. The number of amidine groups is 1. The first kappa shape index (κ1) is 13.2. The van der Waals surface area contributed by atoms with Gasteiger partial charge in [0.1, 0.15) is 5.82 Å². The van der Waals surface area contributed by atoms with Crippen LogP contribution in [0.4, 0.5) is 10.1 Å². The molecule has 20 heavy (non-hydrogen) atoms. The van der Waals surface area contributed by atoms with Gasteiger partial charge in [0, 0.05) is 13.1 Å². The van der Waals surface area contributed by atoms with Crippen molar-refractivity contribution >= 4 is 34.6 Å². The molecule has 1 fully saturated rings. The number of amides is 1. The molecule has 2 N–H and O–H groups in total. The highest BCUT2D eigenvalue weighted by Gasteiger charge is 2.20. The van der Waals surface area contributed by atoms with E-state index in [1.165, 1.54) is 6.07 Å². The number of halogens is 1. The highest BCUT2D eigenvalue weighted by atomic mass is 32.2. The summed E-state index contributed by atoms with van der Waals surface area (Å²) in [6.45, 7) is 1.80. The summed E-state index contributed by atoms with van der Waals surface area (Å²) in [7, 11) is 0. The number of benzene rings is 1. The maximum Gasteiger partial charge on any atom is 0.286 e. The SMILES string of the molecule is NC1=NC(=O)C(=Cc2ccc(N3CCCC3)c(F)c2)S1. The predicted octanol–water partition coefficient (Wildman–Crippen LogP) is 2.35. The van der Waals surface area contributed by atoms with E-state index in [1.807, 2.05) is 11.0 Å². The molecule has 1 saturated heterocycles. The first-order valence-electron chi connectivity index (χ1n) is 6.46. The lowest BCUT2D eigenvalue weighted by atomic mass is 10.1. The van der Waals surface area contributed by atoms with Crippen LogP contribution >= 0.6 is 11.8 Å². The minimum Gasteiger partial charge on any atom is -0.378 e. The molecule has 0 aliphatic carbocycles. The van der Waals surface area contributed by atoms with Gasteiger partial charge in [-0.25, -0.2) is 4.39 Å². The first-order chi connectivity index (χ1) is 9.63. The van der Waals surface area contributed by atoms with E-state index in [0.717, 1.165) is 37.7 Å². The Morgan fingerprint density at radius 1 is 1.35 bits per heavy atom. The molecule has 1 amide bonds. The molecule has 3 rings (SSSR count). The molecule has 0 aromatic heterocycles. The van der Waals surface area contributed by atoms with Gasteiger partial charge in [0.05, 0.1) is 10.6 Å². The topological polar surface area (TPSA) is 58.7 Å². The molecule has 0 radical (unpaired) electrons. The number of carbonyl (C=O) groups excluding carboxylic acids is 1. The Balaban J connectivity index is 1.84. The van der Waals surface area contributed by atoms with Crippen molar-refractivity contribution in [1.82, 2.24) is 0 Å². The number of nitrogens with zero attached hydrogens (tertiary/aromatic N) is 2. The first-order valence-corrected chi connectivity index (χ1v) is 7.28. The number of hydrogen-bond acceptors (Lipinski definition) is 4. The van der Waals surface area contributed by atoms with Gasteiger partial charge >= 0.3 is 0 Å². The summed E-state index contributed by atoms with van der Waals surface area (Å²) in [5, 5.41) is 0.232. The largest absolute Gasteiger partial charge is 0.378 e. The van der Waals surface area contributed by atoms with E-state index in [9.17, 15) is 9.18 Å². The van der Waals surface area contributed by atoms with Gasteiger partial charge in [-0.2, -0.15) is 4.99 Å². The zero-order valence-electron chi connectivity index (χ0n) is 10.8. The maximum atomic E-state index is 14.1. The standard InChI is InChI=1S/C14H14FN3OS/c15-10-7-9(8-12-13(19)17-14(16)20-12)3-4-11(10)18-5-1-2-6-18/h3-4,7-8H,1-2,5-6H2,(H2,16,17,19). The molecule has 1 aromatic carbocycles. The van der Waals surface area contributed by atoms with E-state index >= 15 is 0 Å². The van der Waals surface area contributed by atoms with Crippen molar-refractivity contribution < 1.29 is 9.18 Å². The van der Waals surface area contributed by atoms with Crippen molar-refractivity contribution in [3.63, 3.8) is 0 Å². The van der Waals surface area contributed by atoms with E-state index < -0.39 is 0 Å². The zero-order chi connectivity index (χ0) is 14.1. The second kappa shape index (κ2) is 5.28. The molecule has 0 bridgehead atoms. The van der Waals surface area contributed by atoms with Crippen LogP contribution in [0.2, 0.25) is 0 Å². The van der Waals surface area contributed by atoms with Gasteiger partial charge in [0.2, 0.25) is 0 Å². The summed E-state index contributed by atoms with van der Waals surface area (Å²) in [5.74, 6) is -0.623. The Hall–Kier alpha value is -1.82. The predicted molar refractivity (Wildman–Crippen MR) is 80.0 cm³/mol. The fourth-order valence-corrected chi connectivity index (χ4v) is 3.09. The van der Waals surface area contributed by atoms with E-state index in [-0.39, 0.29) is 16.9 Å². The van der Waals surface area contributed by atoms with E-state index in [0.29, 0.717) is 16.2 Å². The molecule has 2 heterocycles. The molecule has 1 aromatic rings. The summed E-state index contributed by atoms with van der Waals surface area (Å²) < 4.78 is 14.1. The van der Waals surface area contributed by atoms with Crippen LogP contribution in [-0.4, -0.2) is 24.2 Å². The second-order valence-corrected chi connectivity index (χ2v) is 5.83. The van der Waals surface area contributed by atoms with Crippen LogP contribution in [-0.2, 0) is 4.79 Å². The minimum atomic E-state index is -0.364. The molecule has 104 valence electrons. The summed E-state index contributed by atoms with van der Waals surface area (Å²) in [6.07, 6.45) is 3.83. The van der Waals surface area contributed by atoms with Crippen molar-refractivity contribution in [2.75, 3.05) is 18.0 Å². The number of thioether (sulfide) groups is 1. The van der Waals surface area contributed by atoms with Crippen LogP contribution in [0, 0.1) is 5.82 Å². The van der Waals surface area contributed by atoms with Crippen LogP contribution in [0.25, 0.3) is 6.08 Å². The lowest BCUT2D eigenvalue weighted by Gasteiger charge is -2.18. The number of rotatable bonds is 2. The Bertz CT molecular complexity index is 621. The monoisotopic (exact) mass is 291 g/mol. The van der Waals surface area contributed by atoms with Crippen molar-refractivity contribution in [1.29, 1.82) is 0 Å². The van der Waals surface area contributed by atoms with Crippen LogP contribution in [0.15, 0.2) is 28.1 Å². The number of aliphatic imine (C=N–C) groups is 1. The Labute approximate surface area is 120 Å². The summed E-state index contributed by atoms with van der Waals surface area (Å²) in [6, 6.07) is 5.02. The third kappa shape index (κ3) is 2.56. The Morgan fingerprint density at radius 3 is 2.70 bits per heavy atom. The quantitative estimate of drug-likeness (QED) is 0.850. The van der Waals surface area contributed by atoms with Crippen molar-refractivity contribution in [2.45, 2.75) is 12.8 Å². The lowest BCUT2D eigenvalue weighted by molar-refractivity contribution is -0.113. The van der Waals surface area contributed by atoms with Crippen molar-refractivity contribution in [3.8, 4) is 0 Å². The summed E-state index contributed by atoms with van der Waals surface area (Å²) >= 11 is 1.11. The number of hydrogen-bond donors (Lipinski definition) is 1. The fraction of sp³-hybridized carbons (Fsp3) is 0.286. The van der Waals surface area contributed by atoms with E-state index in [2.05, 4.69) is 4.99 Å². The average Bonchev–Trinajstić information content (AvgIpc) is 3.00. The molecular weight excluding hydrogens is 277 g/mol. The average molecular weight is 291 g/mol. The van der Waals surface area contributed by atoms with Gasteiger partial charge in [-0.05, 0) is 48.4 Å². The number of nitrogens with two attached hydrogens (primary N) is 1. The third-order valence-corrected chi connectivity index (χ3v) is 4.17. The van der Waals surface area contributed by atoms with Crippen LogP contribution in [0.5, 0.6) is 0 Å². The van der Waals surface area contributed by atoms with Crippen LogP contribution < -0.4 is 10.6 Å². The normalized spacial score (nSPS) is 20.9. The molecule has 2 aliphatic heterocycles. The zero-order valence-corrected chi connectivity index (χ0v) is 11.6. The molecule has 0 unspecified atom stereocenters. The second-order valence-electron chi connectivity index (χ2n) is 4.77. The molecule has 4 nitrogen and oxygen atoms in total. The number of carbonyl (C=O) groups is 1. The summed E-state index contributed by atoms with van der Waals surface area (Å²) in [5.41, 5.74) is 6.75. The molecular formula is C14H14FN3OS.